The number of esters is 3. The van der Waals surface area contributed by atoms with Gasteiger partial charge in [0.2, 0.25) is 0 Å². The van der Waals surface area contributed by atoms with Gasteiger partial charge in [0.15, 0.2) is 6.10 Å². The summed E-state index contributed by atoms with van der Waals surface area (Å²) in [5.74, 6) is -1.06. The van der Waals surface area contributed by atoms with Crippen molar-refractivity contribution in [2.45, 2.75) is 181 Å². The molecular weight excluding hydrogens is 612 g/mol. The fraction of sp³-hybridized carbons (Fsp3) is 0.698. The van der Waals surface area contributed by atoms with E-state index in [9.17, 15) is 14.4 Å². The van der Waals surface area contributed by atoms with Crippen LogP contribution >= 0.6 is 0 Å². The maximum atomic E-state index is 12.6. The number of unbranched alkanes of at least 4 members (excludes halogenated alkanes) is 14. The average Bonchev–Trinajstić information content (AvgIpc) is 3.10. The Morgan fingerprint density at radius 1 is 0.429 bits per heavy atom. The van der Waals surface area contributed by atoms with Crippen LogP contribution in [-0.2, 0) is 28.6 Å². The minimum absolute atomic E-state index is 0.103. The molecule has 49 heavy (non-hydrogen) atoms. The highest BCUT2D eigenvalue weighted by Gasteiger charge is 2.19. The van der Waals surface area contributed by atoms with E-state index in [1.807, 2.05) is 6.08 Å². The fourth-order valence-electron chi connectivity index (χ4n) is 5.10. The zero-order valence-corrected chi connectivity index (χ0v) is 31.7. The molecule has 0 saturated heterocycles. The van der Waals surface area contributed by atoms with E-state index in [-0.39, 0.29) is 31.6 Å². The predicted molar refractivity (Wildman–Crippen MR) is 205 cm³/mol. The summed E-state index contributed by atoms with van der Waals surface area (Å²) in [5, 5.41) is 0. The van der Waals surface area contributed by atoms with Crippen molar-refractivity contribution < 1.29 is 28.6 Å². The van der Waals surface area contributed by atoms with Gasteiger partial charge in [-0.25, -0.2) is 0 Å². The highest BCUT2D eigenvalue weighted by Crippen LogP contribution is 2.12. The molecule has 0 aliphatic heterocycles. The van der Waals surface area contributed by atoms with Crippen molar-refractivity contribution in [3.8, 4) is 0 Å². The molecule has 0 fully saturated rings. The molecule has 6 heteroatoms. The molecule has 0 radical (unpaired) electrons. The van der Waals surface area contributed by atoms with E-state index in [2.05, 4.69) is 69.4 Å². The summed E-state index contributed by atoms with van der Waals surface area (Å²) < 4.78 is 16.4. The molecule has 0 N–H and O–H groups in total. The summed E-state index contributed by atoms with van der Waals surface area (Å²) >= 11 is 0. The van der Waals surface area contributed by atoms with Crippen molar-refractivity contribution in [3.63, 3.8) is 0 Å². The van der Waals surface area contributed by atoms with Gasteiger partial charge < -0.3 is 14.2 Å². The maximum absolute atomic E-state index is 12.6. The van der Waals surface area contributed by atoms with Crippen LogP contribution < -0.4 is 0 Å². The van der Waals surface area contributed by atoms with Crippen molar-refractivity contribution >= 4 is 17.9 Å². The van der Waals surface area contributed by atoms with E-state index in [1.165, 1.54) is 64.2 Å². The van der Waals surface area contributed by atoms with Gasteiger partial charge in [-0.2, -0.15) is 0 Å². The lowest BCUT2D eigenvalue weighted by atomic mass is 10.1. The molecule has 280 valence electrons. The van der Waals surface area contributed by atoms with Crippen LogP contribution in [0.2, 0.25) is 0 Å². The Hall–Kier alpha value is -2.89. The summed E-state index contributed by atoms with van der Waals surface area (Å²) in [6.45, 7) is 6.33. The van der Waals surface area contributed by atoms with E-state index in [4.69, 9.17) is 14.2 Å². The van der Waals surface area contributed by atoms with Crippen LogP contribution in [0.1, 0.15) is 175 Å². The third-order valence-corrected chi connectivity index (χ3v) is 8.07. The number of hydrogen-bond donors (Lipinski definition) is 0. The predicted octanol–water partition coefficient (Wildman–Crippen LogP) is 12.2. The van der Waals surface area contributed by atoms with E-state index < -0.39 is 12.1 Å². The largest absolute Gasteiger partial charge is 0.462 e. The summed E-state index contributed by atoms with van der Waals surface area (Å²) in [7, 11) is 0. The summed E-state index contributed by atoms with van der Waals surface area (Å²) in [4.78, 5) is 37.3. The molecule has 0 bridgehead atoms. The van der Waals surface area contributed by atoms with Crippen molar-refractivity contribution in [3.05, 3.63) is 60.8 Å². The number of rotatable bonds is 34. The molecule has 0 aromatic heterocycles. The Bertz CT molecular complexity index is 929. The molecule has 0 aliphatic carbocycles. The number of allylic oxidation sites excluding steroid dienone is 9. The Kier molecular flexibility index (Phi) is 35.7. The third kappa shape index (κ3) is 36.2. The monoisotopic (exact) mass is 685 g/mol. The SMILES string of the molecule is CC/C=C\C/C=C\C/C=C\C/C=C\C/C=C\CC(=O)OCC(COC(=O)CCCCCCCCC)OC(=O)CCCCCCCCCCC. The molecule has 0 aromatic carbocycles. The first-order valence-electron chi connectivity index (χ1n) is 19.8. The van der Waals surface area contributed by atoms with Gasteiger partial charge in [-0.3, -0.25) is 14.4 Å². The topological polar surface area (TPSA) is 78.9 Å². The molecule has 0 amide bonds. The van der Waals surface area contributed by atoms with E-state index in [0.717, 1.165) is 70.6 Å². The van der Waals surface area contributed by atoms with Gasteiger partial charge in [-0.15, -0.1) is 0 Å². The first-order chi connectivity index (χ1) is 24.0. The number of ether oxygens (including phenoxy) is 3. The molecule has 0 spiro atoms. The maximum Gasteiger partial charge on any atom is 0.309 e. The molecule has 0 heterocycles. The van der Waals surface area contributed by atoms with Crippen LogP contribution in [-0.4, -0.2) is 37.2 Å². The van der Waals surface area contributed by atoms with E-state index in [1.54, 1.807) is 6.08 Å². The Labute approximate surface area is 300 Å². The third-order valence-electron chi connectivity index (χ3n) is 8.07. The van der Waals surface area contributed by atoms with Crippen molar-refractivity contribution in [2.75, 3.05) is 13.2 Å². The highest BCUT2D eigenvalue weighted by molar-refractivity contribution is 5.72. The lowest BCUT2D eigenvalue weighted by Crippen LogP contribution is -2.30. The van der Waals surface area contributed by atoms with Gasteiger partial charge in [0, 0.05) is 12.8 Å². The van der Waals surface area contributed by atoms with Crippen LogP contribution in [0.3, 0.4) is 0 Å². The quantitative estimate of drug-likeness (QED) is 0.0290. The van der Waals surface area contributed by atoms with Crippen LogP contribution in [0.25, 0.3) is 0 Å². The van der Waals surface area contributed by atoms with Crippen LogP contribution in [0.15, 0.2) is 60.8 Å². The number of hydrogen-bond acceptors (Lipinski definition) is 6. The lowest BCUT2D eigenvalue weighted by molar-refractivity contribution is -0.166. The number of carbonyl (C=O) groups excluding carboxylic acids is 3. The lowest BCUT2D eigenvalue weighted by Gasteiger charge is -2.18. The van der Waals surface area contributed by atoms with Crippen molar-refractivity contribution in [2.24, 2.45) is 0 Å². The second-order valence-electron chi connectivity index (χ2n) is 12.8. The molecule has 0 rings (SSSR count). The van der Waals surface area contributed by atoms with Crippen LogP contribution in [0.4, 0.5) is 0 Å². The molecular formula is C43H72O6. The van der Waals surface area contributed by atoms with Gasteiger partial charge in [0.1, 0.15) is 13.2 Å². The molecule has 1 unspecified atom stereocenters. The van der Waals surface area contributed by atoms with Gasteiger partial charge in [0.25, 0.3) is 0 Å². The minimum atomic E-state index is -0.804. The molecule has 1 atom stereocenters. The normalized spacial score (nSPS) is 12.6. The minimum Gasteiger partial charge on any atom is -0.462 e. The Morgan fingerprint density at radius 2 is 0.796 bits per heavy atom. The smallest absolute Gasteiger partial charge is 0.309 e. The Balaban J connectivity index is 4.48. The highest BCUT2D eigenvalue weighted by atomic mass is 16.6. The van der Waals surface area contributed by atoms with Gasteiger partial charge in [0.05, 0.1) is 6.42 Å². The van der Waals surface area contributed by atoms with Gasteiger partial charge >= 0.3 is 17.9 Å². The summed E-state index contributed by atoms with van der Waals surface area (Å²) in [6, 6.07) is 0. The van der Waals surface area contributed by atoms with E-state index >= 15 is 0 Å². The first-order valence-corrected chi connectivity index (χ1v) is 19.8. The van der Waals surface area contributed by atoms with Crippen LogP contribution in [0.5, 0.6) is 0 Å². The second kappa shape index (κ2) is 37.9. The van der Waals surface area contributed by atoms with Crippen molar-refractivity contribution in [1.29, 1.82) is 0 Å². The fourth-order valence-corrected chi connectivity index (χ4v) is 5.10. The zero-order valence-electron chi connectivity index (χ0n) is 31.7. The van der Waals surface area contributed by atoms with Gasteiger partial charge in [-0.05, 0) is 44.9 Å². The van der Waals surface area contributed by atoms with Gasteiger partial charge in [-0.1, -0.05) is 171 Å². The number of carbonyl (C=O) groups is 3. The summed E-state index contributed by atoms with van der Waals surface area (Å²) in [5.41, 5.74) is 0. The second-order valence-corrected chi connectivity index (χ2v) is 12.8. The molecule has 0 aliphatic rings. The van der Waals surface area contributed by atoms with Crippen molar-refractivity contribution in [1.82, 2.24) is 0 Å². The first kappa shape index (κ1) is 46.1. The standard InChI is InChI=1S/C43H72O6/c1-4-7-10-13-16-18-19-20-21-22-23-25-27-30-33-36-42(45)48-39-40(38-47-41(44)35-32-29-26-15-12-9-6-3)49-43(46)37-34-31-28-24-17-14-11-8-5-2/h7,10,16,18,20-21,23,25,30,33,40H,4-6,8-9,11-15,17,19,22,24,26-29,31-32,34-39H2,1-3H3/b10-7-,18-16-,21-20-,25-23-,33-30-. The Morgan fingerprint density at radius 3 is 1.24 bits per heavy atom. The van der Waals surface area contributed by atoms with E-state index in [0.29, 0.717) is 12.8 Å². The zero-order chi connectivity index (χ0) is 35.9. The average molecular weight is 685 g/mol. The molecule has 6 nitrogen and oxygen atoms in total. The van der Waals surface area contributed by atoms with Crippen LogP contribution in [0, 0.1) is 0 Å². The summed E-state index contributed by atoms with van der Waals surface area (Å²) in [6.07, 6.45) is 43.8. The molecule has 0 saturated carbocycles. The molecule has 0 aromatic rings.